The van der Waals surface area contributed by atoms with Crippen LogP contribution in [-0.4, -0.2) is 25.8 Å². The number of fused-ring (bicyclic) bond motifs is 2. The van der Waals surface area contributed by atoms with Crippen molar-refractivity contribution < 1.29 is 19.0 Å². The molecule has 4 nitrogen and oxygen atoms in total. The molecule has 0 amide bonds. The van der Waals surface area contributed by atoms with Gasteiger partial charge in [-0.25, -0.2) is 4.79 Å². The second-order valence-corrected chi connectivity index (χ2v) is 5.61. The van der Waals surface area contributed by atoms with E-state index in [1.165, 1.54) is 0 Å². The maximum Gasteiger partial charge on any atom is 0.339 e. The summed E-state index contributed by atoms with van der Waals surface area (Å²) in [5.41, 5.74) is 1.02. The molecule has 19 heavy (non-hydrogen) atoms. The van der Waals surface area contributed by atoms with Gasteiger partial charge in [0, 0.05) is 5.56 Å². The molecule has 0 atom stereocenters. The normalized spacial score (nSPS) is 19.2. The first-order valence-electron chi connectivity index (χ1n) is 6.69. The lowest BCUT2D eigenvalue weighted by Crippen LogP contribution is -2.46. The molecule has 0 radical (unpaired) electrons. The topological polar surface area (TPSA) is 44.8 Å². The molecule has 0 saturated carbocycles. The van der Waals surface area contributed by atoms with E-state index in [9.17, 15) is 4.79 Å². The maximum absolute atomic E-state index is 11.9. The molecule has 102 valence electrons. The van der Waals surface area contributed by atoms with Crippen LogP contribution in [0.3, 0.4) is 0 Å². The van der Waals surface area contributed by atoms with Gasteiger partial charge in [-0.1, -0.05) is 19.9 Å². The summed E-state index contributed by atoms with van der Waals surface area (Å²) < 4.78 is 16.3. The standard InChI is InChI=1S/C15H18O4/c1-10(2)5-6-18-11-3-4-13-12(7-11)14(16)19-15(13)8-17-9-15/h3-4,7,10H,5-6,8-9H2,1-2H3. The highest BCUT2D eigenvalue weighted by Crippen LogP contribution is 2.42. The molecule has 1 spiro atoms. The largest absolute Gasteiger partial charge is 0.494 e. The van der Waals surface area contributed by atoms with Crippen LogP contribution >= 0.6 is 0 Å². The molecule has 1 fully saturated rings. The fraction of sp³-hybridized carbons (Fsp3) is 0.533. The molecule has 3 rings (SSSR count). The number of carbonyl (C=O) groups excluding carboxylic acids is 1. The van der Waals surface area contributed by atoms with Gasteiger partial charge in [0.1, 0.15) is 5.75 Å². The lowest BCUT2D eigenvalue weighted by molar-refractivity contribution is -0.179. The fourth-order valence-corrected chi connectivity index (χ4v) is 2.38. The molecule has 2 aliphatic heterocycles. The van der Waals surface area contributed by atoms with Crippen molar-refractivity contribution in [1.29, 1.82) is 0 Å². The Labute approximate surface area is 112 Å². The van der Waals surface area contributed by atoms with Crippen LogP contribution in [0.15, 0.2) is 18.2 Å². The zero-order valence-corrected chi connectivity index (χ0v) is 11.3. The SMILES string of the molecule is CC(C)CCOc1ccc2c(c1)C(=O)OC21COC1. The van der Waals surface area contributed by atoms with Crippen molar-refractivity contribution in [2.75, 3.05) is 19.8 Å². The summed E-state index contributed by atoms with van der Waals surface area (Å²) in [7, 11) is 0. The summed E-state index contributed by atoms with van der Waals surface area (Å²) >= 11 is 0. The van der Waals surface area contributed by atoms with Crippen molar-refractivity contribution in [1.82, 2.24) is 0 Å². The molecule has 0 aliphatic carbocycles. The molecule has 0 aromatic heterocycles. The molecule has 0 unspecified atom stereocenters. The summed E-state index contributed by atoms with van der Waals surface area (Å²) in [5, 5.41) is 0. The minimum Gasteiger partial charge on any atom is -0.494 e. The number of hydrogen-bond acceptors (Lipinski definition) is 4. The summed E-state index contributed by atoms with van der Waals surface area (Å²) in [6.07, 6.45) is 0.999. The van der Waals surface area contributed by atoms with Crippen LogP contribution in [0, 0.1) is 5.92 Å². The first kappa shape index (κ1) is 12.5. The van der Waals surface area contributed by atoms with Crippen molar-refractivity contribution in [3.05, 3.63) is 29.3 Å². The highest BCUT2D eigenvalue weighted by molar-refractivity contribution is 5.95. The Bertz CT molecular complexity index is 503. The van der Waals surface area contributed by atoms with Gasteiger partial charge >= 0.3 is 5.97 Å². The predicted molar refractivity (Wildman–Crippen MR) is 69.3 cm³/mol. The van der Waals surface area contributed by atoms with Crippen LogP contribution < -0.4 is 4.74 Å². The van der Waals surface area contributed by atoms with Crippen molar-refractivity contribution in [2.24, 2.45) is 5.92 Å². The maximum atomic E-state index is 11.9. The van der Waals surface area contributed by atoms with E-state index in [1.54, 1.807) is 6.07 Å². The van der Waals surface area contributed by atoms with E-state index in [0.717, 1.165) is 17.7 Å². The van der Waals surface area contributed by atoms with Crippen LogP contribution in [0.1, 0.15) is 36.2 Å². The average Bonchev–Trinajstić information content (AvgIpc) is 2.62. The van der Waals surface area contributed by atoms with Crippen LogP contribution in [0.2, 0.25) is 0 Å². The molecular formula is C15H18O4. The molecular weight excluding hydrogens is 244 g/mol. The lowest BCUT2D eigenvalue weighted by Gasteiger charge is -2.36. The van der Waals surface area contributed by atoms with E-state index in [1.807, 2.05) is 12.1 Å². The average molecular weight is 262 g/mol. The van der Waals surface area contributed by atoms with Crippen LogP contribution in [-0.2, 0) is 15.1 Å². The molecule has 0 bridgehead atoms. The van der Waals surface area contributed by atoms with Gasteiger partial charge < -0.3 is 14.2 Å². The quantitative estimate of drug-likeness (QED) is 0.782. The number of ether oxygens (including phenoxy) is 3. The van der Waals surface area contributed by atoms with Crippen molar-refractivity contribution in [2.45, 2.75) is 25.9 Å². The Balaban J connectivity index is 1.77. The van der Waals surface area contributed by atoms with Crippen molar-refractivity contribution in [3.8, 4) is 5.75 Å². The van der Waals surface area contributed by atoms with E-state index >= 15 is 0 Å². The second-order valence-electron chi connectivity index (χ2n) is 5.61. The van der Waals surface area contributed by atoms with E-state index in [0.29, 0.717) is 31.3 Å². The molecule has 1 saturated heterocycles. The third-order valence-electron chi connectivity index (χ3n) is 3.62. The minimum atomic E-state index is -0.525. The van der Waals surface area contributed by atoms with Crippen LogP contribution in [0.5, 0.6) is 5.75 Å². The Hall–Kier alpha value is -1.55. The van der Waals surface area contributed by atoms with Gasteiger partial charge in [0.2, 0.25) is 0 Å². The Morgan fingerprint density at radius 1 is 1.37 bits per heavy atom. The second kappa shape index (κ2) is 4.53. The highest BCUT2D eigenvalue weighted by atomic mass is 16.6. The summed E-state index contributed by atoms with van der Waals surface area (Å²) in [5.74, 6) is 1.07. The number of carbonyl (C=O) groups is 1. The summed E-state index contributed by atoms with van der Waals surface area (Å²) in [6.45, 7) is 5.89. The van der Waals surface area contributed by atoms with Gasteiger partial charge in [-0.3, -0.25) is 0 Å². The molecule has 2 aliphatic rings. The third-order valence-corrected chi connectivity index (χ3v) is 3.62. The van der Waals surface area contributed by atoms with Gasteiger partial charge in [-0.05, 0) is 24.5 Å². The monoisotopic (exact) mass is 262 g/mol. The Morgan fingerprint density at radius 2 is 2.16 bits per heavy atom. The number of rotatable bonds is 4. The fourth-order valence-electron chi connectivity index (χ4n) is 2.38. The van der Waals surface area contributed by atoms with Gasteiger partial charge in [-0.2, -0.15) is 0 Å². The zero-order chi connectivity index (χ0) is 13.5. The lowest BCUT2D eigenvalue weighted by atomic mass is 9.90. The Morgan fingerprint density at radius 3 is 2.79 bits per heavy atom. The Kier molecular flexibility index (Phi) is 2.97. The zero-order valence-electron chi connectivity index (χ0n) is 11.3. The van der Waals surface area contributed by atoms with Crippen molar-refractivity contribution >= 4 is 5.97 Å². The minimum absolute atomic E-state index is 0.271. The van der Waals surface area contributed by atoms with Crippen LogP contribution in [0.25, 0.3) is 0 Å². The number of esters is 1. The smallest absolute Gasteiger partial charge is 0.339 e. The van der Waals surface area contributed by atoms with Gasteiger partial charge in [0.25, 0.3) is 0 Å². The van der Waals surface area contributed by atoms with Crippen LogP contribution in [0.4, 0.5) is 0 Å². The summed E-state index contributed by atoms with van der Waals surface area (Å²) in [4.78, 5) is 11.9. The number of benzene rings is 1. The molecule has 1 aromatic rings. The number of hydrogen-bond donors (Lipinski definition) is 0. The molecule has 4 heteroatoms. The first-order chi connectivity index (χ1) is 9.11. The molecule has 2 heterocycles. The van der Waals surface area contributed by atoms with Gasteiger partial charge in [0.15, 0.2) is 5.60 Å². The van der Waals surface area contributed by atoms with E-state index in [2.05, 4.69) is 13.8 Å². The van der Waals surface area contributed by atoms with E-state index < -0.39 is 5.60 Å². The molecule has 0 N–H and O–H groups in total. The predicted octanol–water partition coefficient (Wildman–Crippen LogP) is 2.51. The highest BCUT2D eigenvalue weighted by Gasteiger charge is 2.51. The first-order valence-corrected chi connectivity index (χ1v) is 6.69. The molecule has 1 aromatic carbocycles. The summed E-state index contributed by atoms with van der Waals surface area (Å²) in [6, 6.07) is 5.61. The van der Waals surface area contributed by atoms with E-state index in [4.69, 9.17) is 14.2 Å². The third kappa shape index (κ3) is 2.10. The van der Waals surface area contributed by atoms with Gasteiger partial charge in [0.05, 0.1) is 25.4 Å². The van der Waals surface area contributed by atoms with Gasteiger partial charge in [-0.15, -0.1) is 0 Å². The van der Waals surface area contributed by atoms with E-state index in [-0.39, 0.29) is 5.97 Å². The van der Waals surface area contributed by atoms with Crippen molar-refractivity contribution in [3.63, 3.8) is 0 Å².